The third kappa shape index (κ3) is 4.07. The third-order valence-corrected chi connectivity index (χ3v) is 3.53. The van der Waals surface area contributed by atoms with E-state index >= 15 is 0 Å². The zero-order valence-electron chi connectivity index (χ0n) is 9.99. The highest BCUT2D eigenvalue weighted by Crippen LogP contribution is 2.14. The number of benzene rings is 1. The maximum atomic E-state index is 13.0. The number of rotatable bonds is 4. The molecular formula is C11H16FNO3S. The van der Waals surface area contributed by atoms with Crippen molar-refractivity contribution in [3.8, 4) is 0 Å². The molecule has 0 unspecified atom stereocenters. The summed E-state index contributed by atoms with van der Waals surface area (Å²) in [6.45, 7) is 4.37. The number of nitrogens with one attached hydrogen (secondary N) is 1. The number of halogens is 1. The summed E-state index contributed by atoms with van der Waals surface area (Å²) in [4.78, 5) is -0.0133. The Morgan fingerprint density at radius 1 is 1.41 bits per heavy atom. The average molecular weight is 261 g/mol. The van der Waals surface area contributed by atoms with Crippen LogP contribution < -0.4 is 4.72 Å². The molecule has 0 saturated heterocycles. The Labute approximate surface area is 101 Å². The van der Waals surface area contributed by atoms with Gasteiger partial charge >= 0.3 is 0 Å². The van der Waals surface area contributed by atoms with Crippen molar-refractivity contribution < 1.29 is 17.9 Å². The van der Waals surface area contributed by atoms with E-state index in [0.717, 1.165) is 6.07 Å². The highest BCUT2D eigenvalue weighted by Gasteiger charge is 2.20. The van der Waals surface area contributed by atoms with E-state index in [2.05, 4.69) is 4.72 Å². The van der Waals surface area contributed by atoms with Crippen LogP contribution in [0, 0.1) is 12.7 Å². The first-order valence-corrected chi connectivity index (χ1v) is 6.58. The van der Waals surface area contributed by atoms with Gasteiger partial charge in [0.15, 0.2) is 0 Å². The molecule has 1 rings (SSSR count). The van der Waals surface area contributed by atoms with Crippen LogP contribution in [0.15, 0.2) is 23.1 Å². The van der Waals surface area contributed by atoms with Crippen LogP contribution >= 0.6 is 0 Å². The predicted octanol–water partition coefficient (Wildman–Crippen LogP) is 1.18. The molecule has 0 saturated carbocycles. The Hall–Kier alpha value is -0.980. The Balaban J connectivity index is 2.94. The molecular weight excluding hydrogens is 245 g/mol. The molecule has 4 nitrogen and oxygen atoms in total. The first kappa shape index (κ1) is 14.1. The molecule has 0 fully saturated rings. The van der Waals surface area contributed by atoms with Crippen LogP contribution in [0.5, 0.6) is 0 Å². The van der Waals surface area contributed by atoms with Crippen LogP contribution in [0.25, 0.3) is 0 Å². The summed E-state index contributed by atoms with van der Waals surface area (Å²) in [5, 5.41) is 9.44. The van der Waals surface area contributed by atoms with Crippen LogP contribution in [0.1, 0.15) is 19.4 Å². The van der Waals surface area contributed by atoms with Gasteiger partial charge in [0.2, 0.25) is 10.0 Å². The van der Waals surface area contributed by atoms with E-state index in [0.29, 0.717) is 0 Å². The topological polar surface area (TPSA) is 66.4 Å². The van der Waals surface area contributed by atoms with Gasteiger partial charge in [-0.15, -0.1) is 0 Å². The lowest BCUT2D eigenvalue weighted by Crippen LogP contribution is -2.38. The summed E-state index contributed by atoms with van der Waals surface area (Å²) in [5.41, 5.74) is -0.876. The van der Waals surface area contributed by atoms with Gasteiger partial charge in [-0.25, -0.2) is 17.5 Å². The van der Waals surface area contributed by atoms with Crippen LogP contribution in [-0.2, 0) is 10.0 Å². The molecule has 0 aliphatic rings. The van der Waals surface area contributed by atoms with Crippen molar-refractivity contribution in [2.75, 3.05) is 6.54 Å². The van der Waals surface area contributed by atoms with Gasteiger partial charge in [-0.3, -0.25) is 0 Å². The lowest BCUT2D eigenvalue weighted by atomic mass is 10.1. The second kappa shape index (κ2) is 4.72. The van der Waals surface area contributed by atoms with Gasteiger partial charge in [0, 0.05) is 6.54 Å². The van der Waals surface area contributed by atoms with Gasteiger partial charge < -0.3 is 5.11 Å². The van der Waals surface area contributed by atoms with Crippen LogP contribution in [-0.4, -0.2) is 25.7 Å². The highest BCUT2D eigenvalue weighted by molar-refractivity contribution is 7.89. The molecule has 6 heteroatoms. The maximum Gasteiger partial charge on any atom is 0.240 e. The average Bonchev–Trinajstić information content (AvgIpc) is 2.18. The molecule has 0 bridgehead atoms. The summed E-state index contributed by atoms with van der Waals surface area (Å²) < 4.78 is 38.9. The summed E-state index contributed by atoms with van der Waals surface area (Å²) in [6, 6.07) is 3.55. The largest absolute Gasteiger partial charge is 0.389 e. The van der Waals surface area contributed by atoms with E-state index in [1.807, 2.05) is 0 Å². The second-order valence-electron chi connectivity index (χ2n) is 4.55. The molecule has 1 aromatic carbocycles. The van der Waals surface area contributed by atoms with Crippen molar-refractivity contribution in [3.05, 3.63) is 29.6 Å². The number of aliphatic hydroxyl groups is 1. The van der Waals surface area contributed by atoms with Crippen molar-refractivity contribution >= 4 is 10.0 Å². The molecule has 2 N–H and O–H groups in total. The van der Waals surface area contributed by atoms with Crippen molar-refractivity contribution in [2.45, 2.75) is 31.3 Å². The summed E-state index contributed by atoms with van der Waals surface area (Å²) in [7, 11) is -3.71. The minimum atomic E-state index is -3.71. The number of hydrogen-bond acceptors (Lipinski definition) is 3. The van der Waals surface area contributed by atoms with Gasteiger partial charge in [0.1, 0.15) is 5.82 Å². The minimum Gasteiger partial charge on any atom is -0.389 e. The molecule has 96 valence electrons. The molecule has 0 aliphatic carbocycles. The SMILES string of the molecule is Cc1cc(S(=O)(=O)NCC(C)(C)O)ccc1F. The van der Waals surface area contributed by atoms with Gasteiger partial charge in [-0.1, -0.05) is 0 Å². The van der Waals surface area contributed by atoms with Crippen LogP contribution in [0.4, 0.5) is 4.39 Å². The summed E-state index contributed by atoms with van der Waals surface area (Å²) in [6.07, 6.45) is 0. The Kier molecular flexibility index (Phi) is 3.91. The van der Waals surface area contributed by atoms with Crippen molar-refractivity contribution in [1.29, 1.82) is 0 Å². The summed E-state index contributed by atoms with van der Waals surface area (Å²) in [5.74, 6) is -0.452. The van der Waals surface area contributed by atoms with Crippen molar-refractivity contribution in [2.24, 2.45) is 0 Å². The smallest absolute Gasteiger partial charge is 0.240 e. The van der Waals surface area contributed by atoms with Crippen molar-refractivity contribution in [1.82, 2.24) is 4.72 Å². The lowest BCUT2D eigenvalue weighted by molar-refractivity contribution is 0.0857. The molecule has 0 radical (unpaired) electrons. The van der Waals surface area contributed by atoms with E-state index in [1.54, 1.807) is 0 Å². The molecule has 17 heavy (non-hydrogen) atoms. The molecule has 0 amide bonds. The number of sulfonamides is 1. The normalized spacial score (nSPS) is 12.8. The standard InChI is InChI=1S/C11H16FNO3S/c1-8-6-9(4-5-10(8)12)17(15,16)13-7-11(2,3)14/h4-6,13-14H,7H2,1-3H3. The molecule has 0 aromatic heterocycles. The fraction of sp³-hybridized carbons (Fsp3) is 0.455. The van der Waals surface area contributed by atoms with Crippen molar-refractivity contribution in [3.63, 3.8) is 0 Å². The number of aryl methyl sites for hydroxylation is 1. The fourth-order valence-corrected chi connectivity index (χ4v) is 2.43. The first-order chi connectivity index (χ1) is 7.62. The van der Waals surface area contributed by atoms with E-state index in [4.69, 9.17) is 0 Å². The molecule has 0 atom stereocenters. The van der Waals surface area contributed by atoms with Gasteiger partial charge in [-0.05, 0) is 44.5 Å². The van der Waals surface area contributed by atoms with Gasteiger partial charge in [0.25, 0.3) is 0 Å². The molecule has 0 spiro atoms. The predicted molar refractivity (Wildman–Crippen MR) is 62.6 cm³/mol. The molecule has 0 aliphatic heterocycles. The van der Waals surface area contributed by atoms with Gasteiger partial charge in [0.05, 0.1) is 10.5 Å². The Bertz CT molecular complexity index is 506. The zero-order chi connectivity index (χ0) is 13.3. The monoisotopic (exact) mass is 261 g/mol. The van der Waals surface area contributed by atoms with Gasteiger partial charge in [-0.2, -0.15) is 0 Å². The van der Waals surface area contributed by atoms with E-state index in [-0.39, 0.29) is 17.0 Å². The second-order valence-corrected chi connectivity index (χ2v) is 6.31. The summed E-state index contributed by atoms with van der Waals surface area (Å²) >= 11 is 0. The quantitative estimate of drug-likeness (QED) is 0.855. The third-order valence-electron chi connectivity index (χ3n) is 2.13. The Morgan fingerprint density at radius 2 is 2.00 bits per heavy atom. The van der Waals surface area contributed by atoms with E-state index in [1.165, 1.54) is 32.9 Å². The lowest BCUT2D eigenvalue weighted by Gasteiger charge is -2.17. The first-order valence-electron chi connectivity index (χ1n) is 5.10. The molecule has 0 heterocycles. The fourth-order valence-electron chi connectivity index (χ4n) is 1.14. The maximum absolute atomic E-state index is 13.0. The number of hydrogen-bond donors (Lipinski definition) is 2. The zero-order valence-corrected chi connectivity index (χ0v) is 10.8. The highest BCUT2D eigenvalue weighted by atomic mass is 32.2. The minimum absolute atomic E-state index is 0.0133. The van der Waals surface area contributed by atoms with Crippen LogP contribution in [0.2, 0.25) is 0 Å². The Morgan fingerprint density at radius 3 is 2.47 bits per heavy atom. The van der Waals surface area contributed by atoms with E-state index in [9.17, 15) is 17.9 Å². The van der Waals surface area contributed by atoms with Crippen LogP contribution in [0.3, 0.4) is 0 Å². The van der Waals surface area contributed by atoms with E-state index < -0.39 is 21.4 Å². The molecule has 1 aromatic rings.